The van der Waals surface area contributed by atoms with Gasteiger partial charge in [-0.2, -0.15) is 0 Å². The van der Waals surface area contributed by atoms with E-state index < -0.39 is 0 Å². The zero-order valence-electron chi connectivity index (χ0n) is 20.3. The highest BCUT2D eigenvalue weighted by atomic mass is 16.1. The van der Waals surface area contributed by atoms with Crippen molar-refractivity contribution in [2.24, 2.45) is 5.92 Å². The molecule has 174 valence electrons. The van der Waals surface area contributed by atoms with Crippen LogP contribution in [0.2, 0.25) is 0 Å². The Morgan fingerprint density at radius 2 is 1.55 bits per heavy atom. The monoisotopic (exact) mass is 427 g/mol. The number of hydrogen-bond acceptors (Lipinski definition) is 2. The number of aryl methyl sites for hydroxylation is 2. The Bertz CT molecular complexity index is 750. The van der Waals surface area contributed by atoms with Crippen molar-refractivity contribution in [1.82, 2.24) is 14.9 Å². The lowest BCUT2D eigenvalue weighted by atomic mass is 10.1. The molecule has 4 heteroatoms. The zero-order valence-corrected chi connectivity index (χ0v) is 20.3. The molecule has 0 aliphatic rings. The minimum atomic E-state index is 0.0703. The summed E-state index contributed by atoms with van der Waals surface area (Å²) in [6.45, 7) is 8.02. The first kappa shape index (κ1) is 25.4. The second-order valence-corrected chi connectivity index (χ2v) is 9.25. The lowest BCUT2D eigenvalue weighted by molar-refractivity contribution is -0.123. The molecule has 0 spiro atoms. The average molecular weight is 428 g/mol. The maximum atomic E-state index is 11.6. The largest absolute Gasteiger partial charge is 0.356 e. The van der Waals surface area contributed by atoms with Crippen molar-refractivity contribution < 1.29 is 4.79 Å². The van der Waals surface area contributed by atoms with E-state index >= 15 is 0 Å². The third-order valence-electron chi connectivity index (χ3n) is 6.12. The van der Waals surface area contributed by atoms with E-state index in [1.165, 1.54) is 69.1 Å². The van der Waals surface area contributed by atoms with Crippen LogP contribution in [-0.2, 0) is 17.8 Å². The number of imidazole rings is 1. The van der Waals surface area contributed by atoms with Crippen molar-refractivity contribution in [2.75, 3.05) is 6.54 Å². The second-order valence-electron chi connectivity index (χ2n) is 9.25. The third kappa shape index (κ3) is 9.45. The predicted octanol–water partition coefficient (Wildman–Crippen LogP) is 7.05. The molecular weight excluding hydrogens is 382 g/mol. The first-order valence-electron chi connectivity index (χ1n) is 12.8. The average Bonchev–Trinajstić information content (AvgIpc) is 3.12. The Morgan fingerprint density at radius 3 is 2.26 bits per heavy atom. The van der Waals surface area contributed by atoms with Crippen LogP contribution in [0.1, 0.15) is 104 Å². The van der Waals surface area contributed by atoms with Crippen LogP contribution in [0.15, 0.2) is 24.3 Å². The van der Waals surface area contributed by atoms with Gasteiger partial charge in [-0.3, -0.25) is 4.79 Å². The highest BCUT2D eigenvalue weighted by Crippen LogP contribution is 2.19. The predicted molar refractivity (Wildman–Crippen MR) is 132 cm³/mol. The summed E-state index contributed by atoms with van der Waals surface area (Å²) in [4.78, 5) is 16.6. The van der Waals surface area contributed by atoms with Crippen molar-refractivity contribution in [1.29, 1.82) is 0 Å². The van der Waals surface area contributed by atoms with Gasteiger partial charge in [0, 0.05) is 25.4 Å². The molecule has 2 rings (SSSR count). The van der Waals surface area contributed by atoms with Crippen LogP contribution in [0, 0.1) is 5.92 Å². The fourth-order valence-electron chi connectivity index (χ4n) is 4.15. The summed E-state index contributed by atoms with van der Waals surface area (Å²) in [6, 6.07) is 8.55. The Hall–Kier alpha value is -1.84. The minimum Gasteiger partial charge on any atom is -0.356 e. The van der Waals surface area contributed by atoms with Crippen LogP contribution in [0.25, 0.3) is 11.0 Å². The molecule has 0 fully saturated rings. The summed E-state index contributed by atoms with van der Waals surface area (Å²) in [6.07, 6.45) is 16.5. The number of benzene rings is 1. The molecule has 1 heterocycles. The molecule has 31 heavy (non-hydrogen) atoms. The summed E-state index contributed by atoms with van der Waals surface area (Å²) >= 11 is 0. The van der Waals surface area contributed by atoms with Gasteiger partial charge in [-0.05, 0) is 31.4 Å². The van der Waals surface area contributed by atoms with Gasteiger partial charge >= 0.3 is 0 Å². The maximum absolute atomic E-state index is 11.6. The molecule has 0 aliphatic carbocycles. The van der Waals surface area contributed by atoms with E-state index in [9.17, 15) is 4.79 Å². The third-order valence-corrected chi connectivity index (χ3v) is 6.12. The quantitative estimate of drug-likeness (QED) is 0.275. The normalized spacial score (nSPS) is 11.5. The number of para-hydroxylation sites is 2. The lowest BCUT2D eigenvalue weighted by Crippen LogP contribution is -2.28. The van der Waals surface area contributed by atoms with E-state index in [1.807, 2.05) is 13.8 Å². The topological polar surface area (TPSA) is 46.9 Å². The van der Waals surface area contributed by atoms with Crippen LogP contribution in [-0.4, -0.2) is 22.0 Å². The fourth-order valence-corrected chi connectivity index (χ4v) is 4.15. The van der Waals surface area contributed by atoms with Gasteiger partial charge in [-0.25, -0.2) is 4.98 Å². The molecule has 0 saturated heterocycles. The number of nitrogens with one attached hydrogen (secondary N) is 1. The maximum Gasteiger partial charge on any atom is 0.222 e. The Kier molecular flexibility index (Phi) is 12.3. The van der Waals surface area contributed by atoms with Crippen LogP contribution < -0.4 is 5.32 Å². The minimum absolute atomic E-state index is 0.0703. The number of amides is 1. The van der Waals surface area contributed by atoms with Gasteiger partial charge in [0.2, 0.25) is 5.91 Å². The van der Waals surface area contributed by atoms with E-state index in [1.54, 1.807) is 0 Å². The first-order valence-corrected chi connectivity index (χ1v) is 12.8. The molecule has 2 aromatic rings. The molecule has 1 N–H and O–H groups in total. The molecule has 0 unspecified atom stereocenters. The molecule has 0 radical (unpaired) electrons. The van der Waals surface area contributed by atoms with E-state index in [0.29, 0.717) is 0 Å². The number of carbonyl (C=O) groups excluding carboxylic acids is 1. The summed E-state index contributed by atoms with van der Waals surface area (Å²) in [5.41, 5.74) is 2.40. The number of aromatic nitrogens is 2. The molecule has 1 aromatic heterocycles. The highest BCUT2D eigenvalue weighted by Gasteiger charge is 2.10. The molecule has 4 nitrogen and oxygen atoms in total. The van der Waals surface area contributed by atoms with Crippen LogP contribution in [0.4, 0.5) is 0 Å². The van der Waals surface area contributed by atoms with Crippen LogP contribution in [0.5, 0.6) is 0 Å². The fraction of sp³-hybridized carbons (Fsp3) is 0.704. The molecule has 0 aliphatic heterocycles. The van der Waals surface area contributed by atoms with Crippen LogP contribution in [0.3, 0.4) is 0 Å². The zero-order chi connectivity index (χ0) is 22.3. The van der Waals surface area contributed by atoms with E-state index in [4.69, 9.17) is 4.98 Å². The van der Waals surface area contributed by atoms with Gasteiger partial charge in [-0.1, -0.05) is 90.7 Å². The summed E-state index contributed by atoms with van der Waals surface area (Å²) < 4.78 is 2.46. The Morgan fingerprint density at radius 1 is 0.903 bits per heavy atom. The van der Waals surface area contributed by atoms with Gasteiger partial charge in [-0.15, -0.1) is 0 Å². The molecular formula is C27H45N3O. The summed E-state index contributed by atoms with van der Waals surface area (Å²) in [5.74, 6) is 1.45. The van der Waals surface area contributed by atoms with Crippen molar-refractivity contribution in [3.63, 3.8) is 0 Å². The second kappa shape index (κ2) is 15.0. The highest BCUT2D eigenvalue weighted by molar-refractivity contribution is 5.77. The number of unbranched alkanes of at least 4 members (excludes halogenated alkanes) is 10. The van der Waals surface area contributed by atoms with E-state index in [-0.39, 0.29) is 11.8 Å². The van der Waals surface area contributed by atoms with Gasteiger partial charge in [0.15, 0.2) is 0 Å². The standard InChI is InChI=1S/C27H45N3O/c1-4-5-6-7-8-9-10-11-17-22-30-25-19-15-14-18-24(25)29-26(30)20-13-12-16-21-28-27(31)23(2)3/h14-15,18-19,23H,4-13,16-17,20-22H2,1-3H3,(H,28,31). The van der Waals surface area contributed by atoms with Gasteiger partial charge in [0.1, 0.15) is 5.82 Å². The first-order chi connectivity index (χ1) is 15.1. The molecule has 0 saturated carbocycles. The van der Waals surface area contributed by atoms with Crippen molar-refractivity contribution >= 4 is 16.9 Å². The smallest absolute Gasteiger partial charge is 0.222 e. The Labute approximate surface area is 190 Å². The lowest BCUT2D eigenvalue weighted by Gasteiger charge is -2.10. The van der Waals surface area contributed by atoms with E-state index in [2.05, 4.69) is 41.1 Å². The molecule has 0 atom stereocenters. The SMILES string of the molecule is CCCCCCCCCCCn1c(CCCCCNC(=O)C(C)C)nc2ccccc21. The van der Waals surface area contributed by atoms with Crippen molar-refractivity contribution in [2.45, 2.75) is 111 Å². The van der Waals surface area contributed by atoms with Crippen molar-refractivity contribution in [3.05, 3.63) is 30.1 Å². The number of hydrogen-bond donors (Lipinski definition) is 1. The van der Waals surface area contributed by atoms with Crippen molar-refractivity contribution in [3.8, 4) is 0 Å². The van der Waals surface area contributed by atoms with Crippen LogP contribution >= 0.6 is 0 Å². The van der Waals surface area contributed by atoms with Gasteiger partial charge < -0.3 is 9.88 Å². The van der Waals surface area contributed by atoms with Gasteiger partial charge in [0.05, 0.1) is 11.0 Å². The molecule has 0 bridgehead atoms. The summed E-state index contributed by atoms with van der Waals surface area (Å²) in [7, 11) is 0. The molecule has 1 amide bonds. The number of carbonyl (C=O) groups is 1. The Balaban J connectivity index is 1.73. The number of rotatable bonds is 17. The van der Waals surface area contributed by atoms with E-state index in [0.717, 1.165) is 44.3 Å². The number of nitrogens with zero attached hydrogens (tertiary/aromatic N) is 2. The van der Waals surface area contributed by atoms with Gasteiger partial charge in [0.25, 0.3) is 0 Å². The number of fused-ring (bicyclic) bond motifs is 1. The summed E-state index contributed by atoms with van der Waals surface area (Å²) in [5, 5.41) is 3.01. The molecule has 1 aromatic carbocycles.